The van der Waals surface area contributed by atoms with Crippen molar-refractivity contribution in [1.82, 2.24) is 20.1 Å². The van der Waals surface area contributed by atoms with Crippen LogP contribution in [0, 0.1) is 11.7 Å². The molecule has 1 aliphatic rings. The van der Waals surface area contributed by atoms with Crippen LogP contribution in [0.1, 0.15) is 51.0 Å². The minimum Gasteiger partial charge on any atom is -0.464 e. The first-order valence-electron chi connectivity index (χ1n) is 10.2. The van der Waals surface area contributed by atoms with E-state index in [0.717, 1.165) is 30.4 Å². The lowest BCUT2D eigenvalue weighted by molar-refractivity contribution is -0.155. The number of carbonyl (C=O) groups excluding carboxylic acids is 2. The highest BCUT2D eigenvalue weighted by atomic mass is 32.1. The fourth-order valence-corrected chi connectivity index (χ4v) is 4.02. The number of nitrogens with zero attached hydrogens (tertiary/aromatic N) is 2. The molecule has 1 aliphatic carbocycles. The minimum absolute atomic E-state index is 0.182. The summed E-state index contributed by atoms with van der Waals surface area (Å²) in [5.41, 5.74) is 1.19. The van der Waals surface area contributed by atoms with E-state index >= 15 is 0 Å². The Morgan fingerprint density at radius 1 is 1.24 bits per heavy atom. The van der Waals surface area contributed by atoms with Crippen LogP contribution >= 0.6 is 12.2 Å². The van der Waals surface area contributed by atoms with Crippen molar-refractivity contribution < 1.29 is 14.3 Å². The fourth-order valence-electron chi connectivity index (χ4n) is 3.80. The first kappa shape index (κ1) is 21.2. The van der Waals surface area contributed by atoms with Gasteiger partial charge in [0.1, 0.15) is 5.54 Å². The van der Waals surface area contributed by atoms with Crippen LogP contribution in [0.3, 0.4) is 0 Å². The van der Waals surface area contributed by atoms with E-state index in [1.54, 1.807) is 6.92 Å². The first-order valence-corrected chi connectivity index (χ1v) is 10.6. The van der Waals surface area contributed by atoms with Gasteiger partial charge >= 0.3 is 5.97 Å². The summed E-state index contributed by atoms with van der Waals surface area (Å²) in [7, 11) is 0. The molecule has 1 aromatic carbocycles. The highest BCUT2D eigenvalue weighted by molar-refractivity contribution is 7.71. The Kier molecular flexibility index (Phi) is 6.84. The van der Waals surface area contributed by atoms with Crippen molar-refractivity contribution in [3.63, 3.8) is 0 Å². The average Bonchev–Trinajstić information content (AvgIpc) is 3.08. The number of hydrogen-bond donors (Lipinski definition) is 2. The van der Waals surface area contributed by atoms with Gasteiger partial charge < -0.3 is 10.1 Å². The number of ether oxygens (including phenoxy) is 1. The Hall–Kier alpha value is -2.48. The number of benzene rings is 1. The van der Waals surface area contributed by atoms with Crippen LogP contribution in [0.4, 0.5) is 0 Å². The predicted molar refractivity (Wildman–Crippen MR) is 113 cm³/mol. The third-order valence-electron chi connectivity index (χ3n) is 5.38. The van der Waals surface area contributed by atoms with Gasteiger partial charge in [-0.15, -0.1) is 0 Å². The molecule has 1 heterocycles. The number of carbonyl (C=O) groups is 2. The molecular formula is C21H28N4O3S. The smallest absolute Gasteiger partial charge is 0.331 e. The molecule has 1 fully saturated rings. The number of aromatic nitrogens is 3. The van der Waals surface area contributed by atoms with E-state index in [1.165, 1.54) is 0 Å². The minimum atomic E-state index is -0.900. The number of nitrogens with one attached hydrogen (secondary N) is 2. The van der Waals surface area contributed by atoms with Crippen molar-refractivity contribution in [2.24, 2.45) is 0 Å². The van der Waals surface area contributed by atoms with E-state index in [0.29, 0.717) is 36.6 Å². The Bertz CT molecular complexity index is 911. The summed E-state index contributed by atoms with van der Waals surface area (Å²) in [5.74, 6) is 0.187. The van der Waals surface area contributed by atoms with Crippen LogP contribution in [0.25, 0.3) is 11.4 Å². The maximum Gasteiger partial charge on any atom is 0.331 e. The van der Waals surface area contributed by atoms with E-state index in [9.17, 15) is 9.59 Å². The van der Waals surface area contributed by atoms with Crippen molar-refractivity contribution in [3.05, 3.63) is 34.6 Å². The summed E-state index contributed by atoms with van der Waals surface area (Å²) in [6, 6.07) is 7.98. The van der Waals surface area contributed by atoms with Gasteiger partial charge in [0.05, 0.1) is 6.61 Å². The summed E-state index contributed by atoms with van der Waals surface area (Å²) in [5, 5.41) is 10.1. The van der Waals surface area contributed by atoms with E-state index < -0.39 is 5.54 Å². The van der Waals surface area contributed by atoms with Crippen molar-refractivity contribution in [1.29, 1.82) is 0 Å². The summed E-state index contributed by atoms with van der Waals surface area (Å²) in [6.07, 6.45) is 4.33. The monoisotopic (exact) mass is 416 g/mol. The second-order valence-corrected chi connectivity index (χ2v) is 7.92. The largest absolute Gasteiger partial charge is 0.464 e. The molecule has 156 valence electrons. The molecule has 0 spiro atoms. The molecule has 1 aromatic heterocycles. The summed E-state index contributed by atoms with van der Waals surface area (Å²) < 4.78 is 7.53. The number of hydrogen-bond acceptors (Lipinski definition) is 5. The third-order valence-corrected chi connectivity index (χ3v) is 5.69. The second-order valence-electron chi connectivity index (χ2n) is 7.53. The molecule has 0 bridgehead atoms. The molecule has 29 heavy (non-hydrogen) atoms. The highest BCUT2D eigenvalue weighted by Crippen LogP contribution is 2.29. The van der Waals surface area contributed by atoms with Gasteiger partial charge in [0.15, 0.2) is 10.6 Å². The number of aryl methyl sites for hydroxylation is 1. The first-order chi connectivity index (χ1) is 13.9. The molecule has 0 radical (unpaired) electrons. The molecule has 0 atom stereocenters. The lowest BCUT2D eigenvalue weighted by atomic mass is 9.81. The third kappa shape index (κ3) is 4.93. The molecule has 1 amide bonds. The lowest BCUT2D eigenvalue weighted by Crippen LogP contribution is -2.56. The van der Waals surface area contributed by atoms with Gasteiger partial charge in [-0.3, -0.25) is 14.5 Å². The summed E-state index contributed by atoms with van der Waals surface area (Å²) in [4.78, 5) is 25.3. The van der Waals surface area contributed by atoms with Crippen LogP contribution < -0.4 is 5.32 Å². The predicted octanol–water partition coefficient (Wildman–Crippen LogP) is 3.69. The van der Waals surface area contributed by atoms with E-state index in [1.807, 2.05) is 35.8 Å². The number of esters is 1. The number of amides is 1. The topological polar surface area (TPSA) is 89.0 Å². The summed E-state index contributed by atoms with van der Waals surface area (Å²) in [6.45, 7) is 4.49. The van der Waals surface area contributed by atoms with Gasteiger partial charge in [-0.05, 0) is 38.9 Å². The Morgan fingerprint density at radius 2 is 1.93 bits per heavy atom. The van der Waals surface area contributed by atoms with Crippen molar-refractivity contribution in [2.45, 2.75) is 64.5 Å². The van der Waals surface area contributed by atoms with Gasteiger partial charge in [-0.1, -0.05) is 49.1 Å². The Balaban J connectivity index is 1.70. The van der Waals surface area contributed by atoms with Crippen LogP contribution in [-0.4, -0.2) is 38.8 Å². The average molecular weight is 417 g/mol. The molecular weight excluding hydrogens is 388 g/mol. The van der Waals surface area contributed by atoms with Gasteiger partial charge in [-0.2, -0.15) is 5.10 Å². The number of rotatable bonds is 7. The SMILES string of the molecule is CCOC(=O)C1(NC(=O)CCn2c(-c3ccc(C)cc3)n[nH]c2=S)CCCCC1. The van der Waals surface area contributed by atoms with Crippen molar-refractivity contribution in [3.8, 4) is 11.4 Å². The Labute approximate surface area is 175 Å². The van der Waals surface area contributed by atoms with Crippen LogP contribution in [0.5, 0.6) is 0 Å². The molecule has 7 nitrogen and oxygen atoms in total. The van der Waals surface area contributed by atoms with E-state index in [-0.39, 0.29) is 18.3 Å². The molecule has 0 aliphatic heterocycles. The van der Waals surface area contributed by atoms with E-state index in [4.69, 9.17) is 17.0 Å². The molecule has 3 rings (SSSR count). The molecule has 1 saturated carbocycles. The quantitative estimate of drug-likeness (QED) is 0.531. The number of aromatic amines is 1. The van der Waals surface area contributed by atoms with Gasteiger partial charge in [0.2, 0.25) is 5.91 Å². The second kappa shape index (κ2) is 9.35. The molecule has 0 unspecified atom stereocenters. The normalized spacial score (nSPS) is 15.7. The van der Waals surface area contributed by atoms with Crippen LogP contribution in [0.2, 0.25) is 0 Å². The molecule has 8 heteroatoms. The zero-order chi connectivity index (χ0) is 20.9. The lowest BCUT2D eigenvalue weighted by Gasteiger charge is -2.35. The maximum absolute atomic E-state index is 12.7. The fraction of sp³-hybridized carbons (Fsp3) is 0.524. The van der Waals surface area contributed by atoms with Gasteiger partial charge in [-0.25, -0.2) is 4.79 Å². The van der Waals surface area contributed by atoms with Crippen LogP contribution in [0.15, 0.2) is 24.3 Å². The number of H-pyrrole nitrogens is 1. The summed E-state index contributed by atoms with van der Waals surface area (Å²) >= 11 is 5.35. The maximum atomic E-state index is 12.7. The Morgan fingerprint density at radius 3 is 2.59 bits per heavy atom. The molecule has 2 aromatic rings. The van der Waals surface area contributed by atoms with E-state index in [2.05, 4.69) is 15.5 Å². The van der Waals surface area contributed by atoms with Crippen LogP contribution in [-0.2, 0) is 20.9 Å². The molecule has 2 N–H and O–H groups in total. The zero-order valence-corrected chi connectivity index (χ0v) is 17.8. The van der Waals surface area contributed by atoms with Gasteiger partial charge in [0, 0.05) is 18.5 Å². The standard InChI is InChI=1S/C21H28N4O3S/c1-3-28-19(27)21(12-5-4-6-13-21)22-17(26)11-14-25-18(23-24-20(25)29)16-9-7-15(2)8-10-16/h7-10H,3-6,11-14H2,1-2H3,(H,22,26)(H,24,29). The highest BCUT2D eigenvalue weighted by Gasteiger charge is 2.42. The van der Waals surface area contributed by atoms with Crippen molar-refractivity contribution in [2.75, 3.05) is 6.61 Å². The zero-order valence-electron chi connectivity index (χ0n) is 17.0. The van der Waals surface area contributed by atoms with Crippen molar-refractivity contribution >= 4 is 24.1 Å². The molecule has 0 saturated heterocycles. The van der Waals surface area contributed by atoms with Gasteiger partial charge in [0.25, 0.3) is 0 Å².